The molecule has 0 bridgehead atoms. The minimum Gasteiger partial charge on any atom is -0.397 e. The highest BCUT2D eigenvalue weighted by Gasteiger charge is 2.25. The van der Waals surface area contributed by atoms with Crippen LogP contribution in [0.4, 0.5) is 22.7 Å². The van der Waals surface area contributed by atoms with E-state index in [4.69, 9.17) is 5.73 Å². The number of likely N-dealkylation sites (N-methyl/N-ethyl adjacent to an activating group) is 2. The first-order valence-corrected chi connectivity index (χ1v) is 11.7. The molecule has 10 nitrogen and oxygen atoms in total. The van der Waals surface area contributed by atoms with Crippen LogP contribution in [-0.4, -0.2) is 66.0 Å². The monoisotopic (exact) mass is 496 g/mol. The maximum atomic E-state index is 11.2. The maximum Gasteiger partial charge on any atom is 0.293 e. The van der Waals surface area contributed by atoms with Crippen molar-refractivity contribution in [2.45, 2.75) is 52.0 Å². The van der Waals surface area contributed by atoms with Crippen molar-refractivity contribution in [3.8, 4) is 0 Å². The number of hydrogen-bond acceptors (Lipinski definition) is 9. The molecule has 0 saturated heterocycles. The molecule has 0 fully saturated rings. The number of fused-ring (bicyclic) bond motifs is 2. The van der Waals surface area contributed by atoms with E-state index in [0.29, 0.717) is 25.3 Å². The average molecular weight is 497 g/mol. The third-order valence-corrected chi connectivity index (χ3v) is 5.78. The Morgan fingerprint density at radius 1 is 0.889 bits per heavy atom. The molecule has 2 aliphatic rings. The molecule has 0 amide bonds. The molecule has 0 aliphatic carbocycles. The van der Waals surface area contributed by atoms with Crippen molar-refractivity contribution in [1.82, 2.24) is 0 Å². The third-order valence-electron chi connectivity index (χ3n) is 5.78. The second-order valence-electron chi connectivity index (χ2n) is 10.7. The quantitative estimate of drug-likeness (QED) is 0.304. The molecule has 2 aliphatic heterocycles. The molecule has 194 valence electrons. The SMILES string of the molecule is CN(CC(C)(C)O)c1cc2c(cc1N)C=NC2.CN(CC(C)(C)O)c1cc2c(cc1[N+](=O)[O-])C=NC2. The van der Waals surface area contributed by atoms with E-state index in [1.165, 1.54) is 5.56 Å². The molecule has 0 radical (unpaired) electrons. The van der Waals surface area contributed by atoms with Gasteiger partial charge in [0.2, 0.25) is 0 Å². The van der Waals surface area contributed by atoms with Crippen molar-refractivity contribution in [3.63, 3.8) is 0 Å². The van der Waals surface area contributed by atoms with Crippen molar-refractivity contribution in [2.75, 3.05) is 42.7 Å². The maximum absolute atomic E-state index is 11.2. The summed E-state index contributed by atoms with van der Waals surface area (Å²) in [5, 5.41) is 30.8. The summed E-state index contributed by atoms with van der Waals surface area (Å²) in [4.78, 5) is 22.8. The molecule has 10 heteroatoms. The van der Waals surface area contributed by atoms with Crippen LogP contribution in [0.2, 0.25) is 0 Å². The summed E-state index contributed by atoms with van der Waals surface area (Å²) in [7, 11) is 3.67. The number of nitrogens with zero attached hydrogens (tertiary/aromatic N) is 5. The van der Waals surface area contributed by atoms with Gasteiger partial charge in [-0.25, -0.2) is 0 Å². The normalized spacial score (nSPS) is 13.7. The number of rotatable bonds is 7. The van der Waals surface area contributed by atoms with Crippen molar-refractivity contribution >= 4 is 35.2 Å². The van der Waals surface area contributed by atoms with Crippen LogP contribution in [0.15, 0.2) is 34.3 Å². The van der Waals surface area contributed by atoms with Crippen LogP contribution in [0.5, 0.6) is 0 Å². The zero-order chi connectivity index (χ0) is 26.8. The van der Waals surface area contributed by atoms with E-state index in [2.05, 4.69) is 16.1 Å². The number of nitrogen functional groups attached to an aromatic ring is 1. The number of benzene rings is 2. The Balaban J connectivity index is 0.000000202. The molecule has 4 rings (SSSR count). The van der Waals surface area contributed by atoms with Gasteiger partial charge in [0.15, 0.2) is 0 Å². The lowest BCUT2D eigenvalue weighted by molar-refractivity contribution is -0.384. The van der Waals surface area contributed by atoms with E-state index in [1.54, 1.807) is 58.0 Å². The Hall–Kier alpha value is -3.50. The van der Waals surface area contributed by atoms with Crippen molar-refractivity contribution in [3.05, 3.63) is 56.6 Å². The van der Waals surface area contributed by atoms with Crippen LogP contribution in [0.3, 0.4) is 0 Å². The Labute approximate surface area is 211 Å². The van der Waals surface area contributed by atoms with Gasteiger partial charge in [0.25, 0.3) is 5.69 Å². The number of nitro groups is 1. The van der Waals surface area contributed by atoms with Crippen molar-refractivity contribution < 1.29 is 15.1 Å². The van der Waals surface area contributed by atoms with Gasteiger partial charge in [-0.3, -0.25) is 20.1 Å². The van der Waals surface area contributed by atoms with E-state index in [9.17, 15) is 20.3 Å². The summed E-state index contributed by atoms with van der Waals surface area (Å²) in [5.41, 5.74) is 10.7. The van der Waals surface area contributed by atoms with Crippen LogP contribution < -0.4 is 15.5 Å². The highest BCUT2D eigenvalue weighted by atomic mass is 16.6. The topological polar surface area (TPSA) is 141 Å². The standard InChI is InChI=1S/C13H17N3O3.C13H19N3O/c1-13(2,17)8-15(3)11-4-9-6-14-7-10(9)5-12(11)16(18)19;1-13(2,17)8-16(3)12-5-10-7-15-6-9(10)4-11(12)14/h4-5,7,17H,6,8H2,1-3H3;4-6,17H,7-8,14H2,1-3H3. The van der Waals surface area contributed by atoms with Crippen molar-refractivity contribution in [2.24, 2.45) is 9.98 Å². The minimum absolute atomic E-state index is 0.0406. The van der Waals surface area contributed by atoms with E-state index in [0.717, 1.165) is 34.6 Å². The molecule has 0 atom stereocenters. The predicted molar refractivity (Wildman–Crippen MR) is 146 cm³/mol. The summed E-state index contributed by atoms with van der Waals surface area (Å²) in [6.45, 7) is 9.05. The number of aliphatic imine (C=N–C) groups is 2. The second kappa shape index (κ2) is 10.2. The number of nitro benzene ring substituents is 1. The van der Waals surface area contributed by atoms with Crippen LogP contribution in [-0.2, 0) is 13.1 Å². The average Bonchev–Trinajstić information content (AvgIpc) is 3.38. The van der Waals surface area contributed by atoms with Gasteiger partial charge in [-0.05, 0) is 62.6 Å². The fourth-order valence-electron chi connectivity index (χ4n) is 4.41. The predicted octanol–water partition coefficient (Wildman–Crippen LogP) is 3.14. The van der Waals surface area contributed by atoms with E-state index in [1.807, 2.05) is 24.2 Å². The van der Waals surface area contributed by atoms with Crippen LogP contribution in [0, 0.1) is 10.1 Å². The molecule has 36 heavy (non-hydrogen) atoms. The largest absolute Gasteiger partial charge is 0.397 e. The number of nitrogens with two attached hydrogens (primary N) is 1. The van der Waals surface area contributed by atoms with E-state index < -0.39 is 16.1 Å². The highest BCUT2D eigenvalue weighted by Crippen LogP contribution is 2.33. The molecule has 2 aromatic carbocycles. The van der Waals surface area contributed by atoms with Gasteiger partial charge < -0.3 is 25.7 Å². The first-order valence-electron chi connectivity index (χ1n) is 11.7. The van der Waals surface area contributed by atoms with Gasteiger partial charge in [-0.2, -0.15) is 0 Å². The molecule has 4 N–H and O–H groups in total. The molecule has 0 saturated carbocycles. The van der Waals surface area contributed by atoms with Gasteiger partial charge in [-0.1, -0.05) is 0 Å². The molecule has 0 spiro atoms. The Kier molecular flexibility index (Phi) is 7.70. The van der Waals surface area contributed by atoms with Gasteiger partial charge in [0.05, 0.1) is 40.6 Å². The molecular weight excluding hydrogens is 460 g/mol. The van der Waals surface area contributed by atoms with Crippen LogP contribution in [0.25, 0.3) is 0 Å². The summed E-state index contributed by atoms with van der Waals surface area (Å²) in [6.07, 6.45) is 3.51. The molecule has 0 unspecified atom stereocenters. The van der Waals surface area contributed by atoms with E-state index in [-0.39, 0.29) is 5.69 Å². The van der Waals surface area contributed by atoms with E-state index >= 15 is 0 Å². The zero-order valence-electron chi connectivity index (χ0n) is 21.8. The zero-order valence-corrected chi connectivity index (χ0v) is 21.8. The minimum atomic E-state index is -0.919. The molecule has 2 aromatic rings. The highest BCUT2D eigenvalue weighted by molar-refractivity contribution is 5.89. The van der Waals surface area contributed by atoms with Crippen LogP contribution >= 0.6 is 0 Å². The lowest BCUT2D eigenvalue weighted by atomic mass is 10.1. The molecule has 2 heterocycles. The molecular formula is C26H36N6O4. The second-order valence-corrected chi connectivity index (χ2v) is 10.7. The lowest BCUT2D eigenvalue weighted by Crippen LogP contribution is -2.36. The van der Waals surface area contributed by atoms with Gasteiger partial charge in [0.1, 0.15) is 5.69 Å². The van der Waals surface area contributed by atoms with Gasteiger partial charge in [0, 0.05) is 51.2 Å². The first kappa shape index (κ1) is 27.1. The van der Waals surface area contributed by atoms with Crippen LogP contribution in [0.1, 0.15) is 49.9 Å². The number of anilines is 3. The fraction of sp³-hybridized carbons (Fsp3) is 0.462. The summed E-state index contributed by atoms with van der Waals surface area (Å²) < 4.78 is 0. The van der Waals surface area contributed by atoms with Gasteiger partial charge >= 0.3 is 0 Å². The first-order chi connectivity index (χ1) is 16.6. The third kappa shape index (κ3) is 6.79. The number of aliphatic hydroxyl groups is 2. The summed E-state index contributed by atoms with van der Waals surface area (Å²) in [6, 6.07) is 7.33. The number of hydrogen-bond donors (Lipinski definition) is 3. The lowest BCUT2D eigenvalue weighted by Gasteiger charge is -2.28. The Morgan fingerprint density at radius 2 is 1.33 bits per heavy atom. The summed E-state index contributed by atoms with van der Waals surface area (Å²) in [5.74, 6) is 0. The summed E-state index contributed by atoms with van der Waals surface area (Å²) >= 11 is 0. The Morgan fingerprint density at radius 3 is 1.81 bits per heavy atom. The Bertz CT molecular complexity index is 1190. The van der Waals surface area contributed by atoms with Gasteiger partial charge in [-0.15, -0.1) is 0 Å². The van der Waals surface area contributed by atoms with Crippen molar-refractivity contribution in [1.29, 1.82) is 0 Å². The molecule has 0 aromatic heterocycles. The fourth-order valence-corrected chi connectivity index (χ4v) is 4.41. The smallest absolute Gasteiger partial charge is 0.293 e.